The molecule has 0 unspecified atom stereocenters. The van der Waals surface area contributed by atoms with Crippen LogP contribution in [0, 0.1) is 0 Å². The zero-order valence-corrected chi connectivity index (χ0v) is 9.32. The van der Waals surface area contributed by atoms with Crippen molar-refractivity contribution in [3.8, 4) is 0 Å². The summed E-state index contributed by atoms with van der Waals surface area (Å²) in [6.07, 6.45) is 5.04. The fourth-order valence-corrected chi connectivity index (χ4v) is 1.25. The summed E-state index contributed by atoms with van der Waals surface area (Å²) in [4.78, 5) is 15.4. The average Bonchev–Trinajstić information content (AvgIpc) is 2.17. The van der Waals surface area contributed by atoms with Crippen LogP contribution in [0.2, 0.25) is 0 Å². The zero-order valence-electron chi connectivity index (χ0n) is 9.32. The maximum atomic E-state index is 11.4. The number of allylic oxidation sites excluding steroid dienone is 1. The Morgan fingerprint density at radius 3 is 2.53 bits per heavy atom. The summed E-state index contributed by atoms with van der Waals surface area (Å²) in [5.41, 5.74) is 2.05. The summed E-state index contributed by atoms with van der Waals surface area (Å²) in [6.45, 7) is 5.75. The maximum absolute atomic E-state index is 11.4. The minimum atomic E-state index is -0.0562. The molecule has 80 valence electrons. The second kappa shape index (κ2) is 5.29. The molecule has 0 bridgehead atoms. The quantitative estimate of drug-likeness (QED) is 0.767. The Kier molecular flexibility index (Phi) is 4.03. The van der Waals surface area contributed by atoms with E-state index in [2.05, 4.69) is 10.3 Å². The summed E-state index contributed by atoms with van der Waals surface area (Å²) in [6, 6.07) is 3.80. The average molecular weight is 204 g/mol. The summed E-state index contributed by atoms with van der Waals surface area (Å²) < 4.78 is 0. The highest BCUT2D eigenvalue weighted by molar-refractivity contribution is 5.88. The van der Waals surface area contributed by atoms with Crippen molar-refractivity contribution in [1.29, 1.82) is 0 Å². The van der Waals surface area contributed by atoms with Gasteiger partial charge in [-0.25, -0.2) is 0 Å². The van der Waals surface area contributed by atoms with Crippen molar-refractivity contribution in [2.75, 3.05) is 0 Å². The molecule has 3 nitrogen and oxygen atoms in total. The number of hydrogen-bond acceptors (Lipinski definition) is 2. The van der Waals surface area contributed by atoms with Crippen molar-refractivity contribution < 1.29 is 4.79 Å². The molecule has 1 aromatic rings. The van der Waals surface area contributed by atoms with E-state index in [9.17, 15) is 4.79 Å². The van der Waals surface area contributed by atoms with Gasteiger partial charge in [-0.05, 0) is 38.5 Å². The minimum absolute atomic E-state index is 0.0103. The van der Waals surface area contributed by atoms with Gasteiger partial charge in [0.05, 0.1) is 6.04 Å². The van der Waals surface area contributed by atoms with Gasteiger partial charge in [0.15, 0.2) is 0 Å². The van der Waals surface area contributed by atoms with Crippen LogP contribution in [0.15, 0.2) is 36.2 Å². The predicted octanol–water partition coefficient (Wildman–Crippen LogP) is 2.22. The van der Waals surface area contributed by atoms with Crippen LogP contribution in [0.4, 0.5) is 0 Å². The van der Waals surface area contributed by atoms with Crippen molar-refractivity contribution in [2.24, 2.45) is 0 Å². The molecule has 0 aromatic carbocycles. The third-order valence-electron chi connectivity index (χ3n) is 1.98. The van der Waals surface area contributed by atoms with Crippen molar-refractivity contribution >= 4 is 5.91 Å². The summed E-state index contributed by atoms with van der Waals surface area (Å²) in [7, 11) is 0. The Hall–Kier alpha value is -1.64. The smallest absolute Gasteiger partial charge is 0.244 e. The van der Waals surface area contributed by atoms with E-state index < -0.39 is 0 Å². The van der Waals surface area contributed by atoms with E-state index in [4.69, 9.17) is 0 Å². The van der Waals surface area contributed by atoms with Crippen LogP contribution in [-0.2, 0) is 4.79 Å². The molecule has 1 rings (SSSR count). The van der Waals surface area contributed by atoms with Gasteiger partial charge >= 0.3 is 0 Å². The summed E-state index contributed by atoms with van der Waals surface area (Å²) in [5.74, 6) is -0.0562. The van der Waals surface area contributed by atoms with Crippen LogP contribution in [0.3, 0.4) is 0 Å². The first-order valence-electron chi connectivity index (χ1n) is 4.95. The number of carbonyl (C=O) groups excluding carboxylic acids is 1. The van der Waals surface area contributed by atoms with E-state index in [-0.39, 0.29) is 11.9 Å². The van der Waals surface area contributed by atoms with Gasteiger partial charge < -0.3 is 5.32 Å². The van der Waals surface area contributed by atoms with E-state index >= 15 is 0 Å². The Labute approximate surface area is 90.2 Å². The molecule has 0 saturated carbocycles. The molecule has 0 fully saturated rings. The molecule has 1 aromatic heterocycles. The van der Waals surface area contributed by atoms with Crippen molar-refractivity contribution in [2.45, 2.75) is 26.8 Å². The number of pyridine rings is 1. The van der Waals surface area contributed by atoms with Crippen molar-refractivity contribution in [3.05, 3.63) is 41.7 Å². The van der Waals surface area contributed by atoms with Gasteiger partial charge in [-0.2, -0.15) is 0 Å². The van der Waals surface area contributed by atoms with Gasteiger partial charge in [0.2, 0.25) is 5.91 Å². The first-order chi connectivity index (χ1) is 7.09. The van der Waals surface area contributed by atoms with Crippen LogP contribution in [0.25, 0.3) is 0 Å². The van der Waals surface area contributed by atoms with Crippen LogP contribution in [0.1, 0.15) is 32.4 Å². The highest BCUT2D eigenvalue weighted by atomic mass is 16.1. The Morgan fingerprint density at radius 2 is 2.00 bits per heavy atom. The zero-order chi connectivity index (χ0) is 11.3. The molecule has 0 aliphatic rings. The van der Waals surface area contributed by atoms with Crippen LogP contribution in [0.5, 0.6) is 0 Å². The molecule has 1 heterocycles. The fourth-order valence-electron chi connectivity index (χ4n) is 1.25. The summed E-state index contributed by atoms with van der Waals surface area (Å²) >= 11 is 0. The van der Waals surface area contributed by atoms with Crippen molar-refractivity contribution in [1.82, 2.24) is 10.3 Å². The molecular formula is C12H16N2O. The third-order valence-corrected chi connectivity index (χ3v) is 1.98. The van der Waals surface area contributed by atoms with Gasteiger partial charge in [-0.1, -0.05) is 5.57 Å². The standard InChI is InChI=1S/C12H16N2O/c1-9(2)8-12(15)14-10(3)11-4-6-13-7-5-11/h4-8,10H,1-3H3,(H,14,15)/t10-/m0/s1. The van der Waals surface area contributed by atoms with E-state index in [1.807, 2.05) is 32.9 Å². The molecule has 3 heteroatoms. The third kappa shape index (κ3) is 3.94. The lowest BCUT2D eigenvalue weighted by atomic mass is 10.1. The van der Waals surface area contributed by atoms with Gasteiger partial charge in [-0.15, -0.1) is 0 Å². The summed E-state index contributed by atoms with van der Waals surface area (Å²) in [5, 5.41) is 2.88. The molecule has 0 radical (unpaired) electrons. The Balaban J connectivity index is 2.61. The molecule has 1 atom stereocenters. The van der Waals surface area contributed by atoms with Crippen LogP contribution in [-0.4, -0.2) is 10.9 Å². The topological polar surface area (TPSA) is 42.0 Å². The van der Waals surface area contributed by atoms with Gasteiger partial charge in [-0.3, -0.25) is 9.78 Å². The lowest BCUT2D eigenvalue weighted by Gasteiger charge is -2.12. The Morgan fingerprint density at radius 1 is 1.40 bits per heavy atom. The van der Waals surface area contributed by atoms with Crippen molar-refractivity contribution in [3.63, 3.8) is 0 Å². The highest BCUT2D eigenvalue weighted by Gasteiger charge is 2.06. The molecule has 0 spiro atoms. The van der Waals surface area contributed by atoms with E-state index in [0.717, 1.165) is 11.1 Å². The molecule has 15 heavy (non-hydrogen) atoms. The first-order valence-corrected chi connectivity index (χ1v) is 4.95. The first kappa shape index (κ1) is 11.4. The Bertz CT molecular complexity index is 353. The lowest BCUT2D eigenvalue weighted by molar-refractivity contribution is -0.117. The second-order valence-corrected chi connectivity index (χ2v) is 3.73. The molecule has 0 aliphatic carbocycles. The number of hydrogen-bond donors (Lipinski definition) is 1. The SMILES string of the molecule is CC(C)=CC(=O)N[C@@H](C)c1ccncc1. The molecule has 1 N–H and O–H groups in total. The normalized spacial score (nSPS) is 11.7. The number of nitrogens with one attached hydrogen (secondary N) is 1. The van der Waals surface area contributed by atoms with E-state index in [1.54, 1.807) is 18.5 Å². The number of aromatic nitrogens is 1. The van der Waals surface area contributed by atoms with Gasteiger partial charge in [0.25, 0.3) is 0 Å². The van der Waals surface area contributed by atoms with E-state index in [0.29, 0.717) is 0 Å². The van der Waals surface area contributed by atoms with Gasteiger partial charge in [0.1, 0.15) is 0 Å². The number of carbonyl (C=O) groups is 1. The molecule has 0 saturated heterocycles. The predicted molar refractivity (Wildman–Crippen MR) is 60.2 cm³/mol. The largest absolute Gasteiger partial charge is 0.346 e. The highest BCUT2D eigenvalue weighted by Crippen LogP contribution is 2.09. The van der Waals surface area contributed by atoms with E-state index in [1.165, 1.54) is 0 Å². The number of rotatable bonds is 3. The maximum Gasteiger partial charge on any atom is 0.244 e. The second-order valence-electron chi connectivity index (χ2n) is 3.73. The lowest BCUT2D eigenvalue weighted by Crippen LogP contribution is -2.24. The number of nitrogens with zero attached hydrogens (tertiary/aromatic N) is 1. The van der Waals surface area contributed by atoms with Crippen LogP contribution < -0.4 is 5.32 Å². The number of amides is 1. The fraction of sp³-hybridized carbons (Fsp3) is 0.333. The minimum Gasteiger partial charge on any atom is -0.346 e. The van der Waals surface area contributed by atoms with Gasteiger partial charge in [0, 0.05) is 18.5 Å². The molecule has 0 aliphatic heterocycles. The molecular weight excluding hydrogens is 188 g/mol. The monoisotopic (exact) mass is 204 g/mol. The molecule has 1 amide bonds. The van der Waals surface area contributed by atoms with Crippen LogP contribution >= 0.6 is 0 Å².